The number of hydrogen-bond acceptors (Lipinski definition) is 0. The summed E-state index contributed by atoms with van der Waals surface area (Å²) in [5.74, 6) is 0.560. The molecule has 0 bridgehead atoms. The normalized spacial score (nSPS) is 9.97. The number of aryl methyl sites for hydroxylation is 2. The van der Waals surface area contributed by atoms with Crippen molar-refractivity contribution in [2.75, 3.05) is 0 Å². The molecule has 0 spiro atoms. The van der Waals surface area contributed by atoms with Gasteiger partial charge in [0.1, 0.15) is 0 Å². The molecule has 0 saturated heterocycles. The van der Waals surface area contributed by atoms with Gasteiger partial charge in [0.25, 0.3) is 0 Å². The standard InChI is InChI=1S/C17H16.2C15H12.C6H10.C3H8.3C2H6/c1-12(2)17-11-13-7-3-4-8-14(13)15-9-5-6-10-16(15)17;2*1-11-10-12-6-2-3-8-14(12)15-9-5-4-7-13(11)15;1-3-5-6-4-2;1-3-2;3*1-2/h3-12H,1-2H3;2*2-10H,1H3;3,5-6H,1,4H2,2H3;3H2,1-2H3;3*1-2H3/b;;;6-5+;;;;. The molecular weight excluding hydrogens is 745 g/mol. The van der Waals surface area contributed by atoms with E-state index in [1.54, 1.807) is 6.08 Å². The van der Waals surface area contributed by atoms with Crippen molar-refractivity contribution in [2.24, 2.45) is 0 Å². The van der Waals surface area contributed by atoms with Crippen LogP contribution >= 0.6 is 0 Å². The van der Waals surface area contributed by atoms with Crippen LogP contribution in [0, 0.1) is 13.8 Å². The number of allylic oxidation sites excluding steroid dienone is 3. The number of hydrogen-bond donors (Lipinski definition) is 0. The van der Waals surface area contributed by atoms with Gasteiger partial charge in [0.15, 0.2) is 0 Å². The Morgan fingerprint density at radius 2 is 0.677 bits per heavy atom. The lowest BCUT2D eigenvalue weighted by Gasteiger charge is -2.13. The van der Waals surface area contributed by atoms with Crippen molar-refractivity contribution in [1.29, 1.82) is 0 Å². The first-order valence-corrected chi connectivity index (χ1v) is 23.2. The molecule has 0 atom stereocenters. The van der Waals surface area contributed by atoms with E-state index in [4.69, 9.17) is 0 Å². The predicted octanol–water partition coefficient (Wildman–Crippen LogP) is 20.4. The summed E-state index contributed by atoms with van der Waals surface area (Å²) in [6.07, 6.45) is 8.14. The van der Waals surface area contributed by atoms with Gasteiger partial charge < -0.3 is 0 Å². The molecule has 9 aromatic carbocycles. The summed E-state index contributed by atoms with van der Waals surface area (Å²) in [5.41, 5.74) is 4.15. The Balaban J connectivity index is 0.000000277. The van der Waals surface area contributed by atoms with E-state index in [1.807, 2.05) is 47.6 Å². The third-order valence-corrected chi connectivity index (χ3v) is 9.88. The molecule has 0 radical (unpaired) electrons. The van der Waals surface area contributed by atoms with Gasteiger partial charge in [-0.15, -0.1) is 0 Å². The Hall–Kier alpha value is -5.98. The van der Waals surface area contributed by atoms with Crippen LogP contribution < -0.4 is 0 Å². The second kappa shape index (κ2) is 29.3. The third-order valence-electron chi connectivity index (χ3n) is 9.88. The lowest BCUT2D eigenvalue weighted by Crippen LogP contribution is -1.90. The molecule has 0 amide bonds. The van der Waals surface area contributed by atoms with Crippen LogP contribution in [0.4, 0.5) is 0 Å². The summed E-state index contributed by atoms with van der Waals surface area (Å²) in [5, 5.41) is 16.2. The van der Waals surface area contributed by atoms with Crippen LogP contribution in [0.2, 0.25) is 0 Å². The quantitative estimate of drug-likeness (QED) is 0.123. The average molecular weight is 821 g/mol. The van der Waals surface area contributed by atoms with Gasteiger partial charge in [-0.25, -0.2) is 0 Å². The maximum atomic E-state index is 3.51. The fraction of sp³-hybridized carbons (Fsp3) is 0.258. The van der Waals surface area contributed by atoms with E-state index >= 15 is 0 Å². The van der Waals surface area contributed by atoms with E-state index in [1.165, 1.54) is 87.7 Å². The van der Waals surface area contributed by atoms with E-state index in [0.717, 1.165) is 6.42 Å². The van der Waals surface area contributed by atoms with E-state index in [-0.39, 0.29) is 0 Å². The van der Waals surface area contributed by atoms with Crippen molar-refractivity contribution in [1.82, 2.24) is 0 Å². The molecular formula is C62H76. The maximum absolute atomic E-state index is 3.51. The highest BCUT2D eigenvalue weighted by atomic mass is 14.1. The molecule has 0 saturated carbocycles. The molecule has 0 unspecified atom stereocenters. The van der Waals surface area contributed by atoms with Gasteiger partial charge in [-0.2, -0.15) is 0 Å². The van der Waals surface area contributed by atoms with Crippen LogP contribution in [0.5, 0.6) is 0 Å². The van der Waals surface area contributed by atoms with Gasteiger partial charge in [0.05, 0.1) is 0 Å². The topological polar surface area (TPSA) is 0 Å². The van der Waals surface area contributed by atoms with E-state index in [9.17, 15) is 0 Å². The van der Waals surface area contributed by atoms with Gasteiger partial charge in [-0.05, 0) is 108 Å². The summed E-state index contributed by atoms with van der Waals surface area (Å²) >= 11 is 0. The first kappa shape index (κ1) is 52.2. The van der Waals surface area contributed by atoms with E-state index in [0.29, 0.717) is 5.92 Å². The molecule has 0 nitrogen and oxygen atoms in total. The predicted molar refractivity (Wildman–Crippen MR) is 288 cm³/mol. The smallest absolute Gasteiger partial charge is 0.0103 e. The molecule has 324 valence electrons. The van der Waals surface area contributed by atoms with Crippen molar-refractivity contribution >= 4 is 64.6 Å². The van der Waals surface area contributed by atoms with Crippen LogP contribution in [-0.2, 0) is 0 Å². The van der Waals surface area contributed by atoms with Gasteiger partial charge in [-0.3, -0.25) is 0 Å². The second-order valence-electron chi connectivity index (χ2n) is 14.6. The van der Waals surface area contributed by atoms with Crippen molar-refractivity contribution in [3.63, 3.8) is 0 Å². The second-order valence-corrected chi connectivity index (χ2v) is 14.6. The lowest BCUT2D eigenvalue weighted by molar-refractivity contribution is 0.878. The van der Waals surface area contributed by atoms with Crippen LogP contribution in [0.25, 0.3) is 64.6 Å². The monoisotopic (exact) mass is 821 g/mol. The molecule has 0 aliphatic carbocycles. The molecule has 0 fully saturated rings. The summed E-state index contributed by atoms with van der Waals surface area (Å²) in [4.78, 5) is 0. The highest BCUT2D eigenvalue weighted by molar-refractivity contribution is 6.10. The Kier molecular flexibility index (Phi) is 24.7. The Labute approximate surface area is 377 Å². The first-order valence-electron chi connectivity index (χ1n) is 23.2. The largest absolute Gasteiger partial charge is 0.0991 e. The molecule has 0 aliphatic rings. The highest BCUT2D eigenvalue weighted by Crippen LogP contribution is 2.33. The molecule has 62 heavy (non-hydrogen) atoms. The SMILES string of the molecule is C=C/C=C/CC.CC.CC.CC.CC(C)c1cc2ccccc2c2ccccc12.CCC.Cc1cc2ccccc2c2ccccc12.Cc1cc2ccccc2c2ccccc12. The molecule has 9 aromatic rings. The Bertz CT molecular complexity index is 2570. The zero-order chi connectivity index (χ0) is 45.9. The summed E-state index contributed by atoms with van der Waals surface area (Å²) < 4.78 is 0. The maximum Gasteiger partial charge on any atom is -0.0103 e. The Morgan fingerprint density at radius 1 is 0.403 bits per heavy atom. The summed E-state index contributed by atoms with van der Waals surface area (Å²) in [7, 11) is 0. The van der Waals surface area contributed by atoms with Gasteiger partial charge >= 0.3 is 0 Å². The molecule has 9 rings (SSSR count). The van der Waals surface area contributed by atoms with Crippen LogP contribution in [0.1, 0.15) is 112 Å². The summed E-state index contributed by atoms with van der Waals surface area (Å²) in [6.45, 7) is 30.7. The minimum atomic E-state index is 0.560. The number of benzene rings is 9. The first-order chi connectivity index (χ1) is 30.3. The zero-order valence-electron chi connectivity index (χ0n) is 40.5. The van der Waals surface area contributed by atoms with Gasteiger partial charge in [0, 0.05) is 0 Å². The van der Waals surface area contributed by atoms with Crippen molar-refractivity contribution < 1.29 is 0 Å². The van der Waals surface area contributed by atoms with Crippen LogP contribution in [0.15, 0.2) is 189 Å². The van der Waals surface area contributed by atoms with E-state index < -0.39 is 0 Å². The Morgan fingerprint density at radius 3 is 0.984 bits per heavy atom. The molecule has 0 heterocycles. The molecule has 0 heteroatoms. The molecule has 0 N–H and O–H groups in total. The van der Waals surface area contributed by atoms with Crippen LogP contribution in [0.3, 0.4) is 0 Å². The number of rotatable bonds is 3. The fourth-order valence-corrected chi connectivity index (χ4v) is 7.28. The van der Waals surface area contributed by atoms with Gasteiger partial charge in [0.2, 0.25) is 0 Å². The minimum absolute atomic E-state index is 0.560. The highest BCUT2D eigenvalue weighted by Gasteiger charge is 2.08. The lowest BCUT2D eigenvalue weighted by atomic mass is 9.92. The van der Waals surface area contributed by atoms with Crippen molar-refractivity contribution in [2.45, 2.75) is 109 Å². The fourth-order valence-electron chi connectivity index (χ4n) is 7.28. The third kappa shape index (κ3) is 14.3. The minimum Gasteiger partial charge on any atom is -0.0991 e. The van der Waals surface area contributed by atoms with Crippen molar-refractivity contribution in [3.8, 4) is 0 Å². The van der Waals surface area contributed by atoms with E-state index in [2.05, 4.69) is 225 Å². The zero-order valence-corrected chi connectivity index (χ0v) is 40.5. The van der Waals surface area contributed by atoms with Gasteiger partial charge in [-0.1, -0.05) is 271 Å². The average Bonchev–Trinajstić information content (AvgIpc) is 3.33. The number of fused-ring (bicyclic) bond motifs is 9. The van der Waals surface area contributed by atoms with Crippen molar-refractivity contribution in [3.05, 3.63) is 205 Å². The molecule has 0 aliphatic heterocycles. The molecule has 0 aromatic heterocycles. The summed E-state index contributed by atoms with van der Waals surface area (Å²) in [6, 6.07) is 58.5. The van der Waals surface area contributed by atoms with Crippen LogP contribution in [-0.4, -0.2) is 0 Å².